The fourth-order valence-corrected chi connectivity index (χ4v) is 5.48. The maximum Gasteiger partial charge on any atom is 0.240 e. The van der Waals surface area contributed by atoms with Gasteiger partial charge in [-0.3, -0.25) is 9.59 Å². The van der Waals surface area contributed by atoms with Gasteiger partial charge in [0.1, 0.15) is 5.82 Å². The van der Waals surface area contributed by atoms with E-state index in [1.807, 2.05) is 0 Å². The van der Waals surface area contributed by atoms with Crippen molar-refractivity contribution in [2.24, 2.45) is 0 Å². The highest BCUT2D eigenvalue weighted by molar-refractivity contribution is 7.89. The minimum absolute atomic E-state index is 0.0108. The van der Waals surface area contributed by atoms with Gasteiger partial charge in [-0.05, 0) is 54.4 Å². The Hall–Kier alpha value is -2.98. The number of nitrogens with zero attached hydrogens (tertiary/aromatic N) is 3. The number of carbonyl (C=O) groups is 2. The summed E-state index contributed by atoms with van der Waals surface area (Å²) >= 11 is 0. The molecular weight excluding hydrogens is 459 g/mol. The predicted molar refractivity (Wildman–Crippen MR) is 128 cm³/mol. The zero-order valence-corrected chi connectivity index (χ0v) is 20.0. The number of fused-ring (bicyclic) bond motifs is 1. The average molecular weight is 489 g/mol. The number of rotatable bonds is 7. The van der Waals surface area contributed by atoms with E-state index in [1.54, 1.807) is 41.0 Å². The summed E-state index contributed by atoms with van der Waals surface area (Å²) in [4.78, 5) is 30.3. The van der Waals surface area contributed by atoms with E-state index in [9.17, 15) is 22.4 Å². The largest absolute Gasteiger partial charge is 0.368 e. The smallest absolute Gasteiger partial charge is 0.240 e. The first-order valence-corrected chi connectivity index (χ1v) is 13.0. The molecule has 2 aromatic carbocycles. The lowest BCUT2D eigenvalue weighted by atomic mass is 10.2. The minimum atomic E-state index is -3.76. The average Bonchev–Trinajstić information content (AvgIpc) is 3.27. The number of sulfonamides is 1. The molecule has 10 heteroatoms. The third kappa shape index (κ3) is 5.23. The van der Waals surface area contributed by atoms with Crippen LogP contribution in [0, 0.1) is 5.82 Å². The SMILES string of the molecule is CCC(=O)N1CCc2cc(S(=O)(=O)NCCC(=O)N3CCN(c4ccc(F)cc4)CC3)ccc21. The Kier molecular flexibility index (Phi) is 7.18. The molecule has 0 aromatic heterocycles. The molecule has 2 aromatic rings. The summed E-state index contributed by atoms with van der Waals surface area (Å²) < 4.78 is 41.1. The van der Waals surface area contributed by atoms with Gasteiger partial charge in [0.05, 0.1) is 4.90 Å². The van der Waals surface area contributed by atoms with Crippen LogP contribution >= 0.6 is 0 Å². The van der Waals surface area contributed by atoms with Crippen LogP contribution in [0.2, 0.25) is 0 Å². The molecule has 0 radical (unpaired) electrons. The first-order chi connectivity index (χ1) is 16.3. The fourth-order valence-electron chi connectivity index (χ4n) is 4.39. The van der Waals surface area contributed by atoms with Crippen molar-refractivity contribution in [1.82, 2.24) is 9.62 Å². The third-order valence-corrected chi connectivity index (χ3v) is 7.77. The third-order valence-electron chi connectivity index (χ3n) is 6.32. The summed E-state index contributed by atoms with van der Waals surface area (Å²) in [5.41, 5.74) is 2.51. The number of hydrogen-bond acceptors (Lipinski definition) is 5. The van der Waals surface area contributed by atoms with Gasteiger partial charge in [-0.15, -0.1) is 0 Å². The summed E-state index contributed by atoms with van der Waals surface area (Å²) in [6, 6.07) is 11.1. The van der Waals surface area contributed by atoms with Crippen molar-refractivity contribution in [1.29, 1.82) is 0 Å². The standard InChI is InChI=1S/C24H29FN4O4S/c1-2-23(30)29-12-10-18-17-21(7-8-22(18)29)34(32,33)26-11-9-24(31)28-15-13-27(14-16-28)20-5-3-19(25)4-6-20/h3-8,17,26H,2,9-16H2,1H3. The number of halogens is 1. The van der Waals surface area contributed by atoms with Gasteiger partial charge >= 0.3 is 0 Å². The predicted octanol–water partition coefficient (Wildman–Crippen LogP) is 2.14. The zero-order chi connectivity index (χ0) is 24.3. The Morgan fingerprint density at radius 2 is 1.68 bits per heavy atom. The molecule has 0 bridgehead atoms. The summed E-state index contributed by atoms with van der Waals surface area (Å²) in [5.74, 6) is -0.373. The van der Waals surface area contributed by atoms with Crippen molar-refractivity contribution in [3.8, 4) is 0 Å². The lowest BCUT2D eigenvalue weighted by molar-refractivity contribution is -0.131. The van der Waals surface area contributed by atoms with E-state index in [4.69, 9.17) is 0 Å². The highest BCUT2D eigenvalue weighted by atomic mass is 32.2. The van der Waals surface area contributed by atoms with Crippen LogP contribution < -0.4 is 14.5 Å². The number of nitrogens with one attached hydrogen (secondary N) is 1. The van der Waals surface area contributed by atoms with Gasteiger partial charge in [0.2, 0.25) is 21.8 Å². The lowest BCUT2D eigenvalue weighted by Gasteiger charge is -2.36. The monoisotopic (exact) mass is 488 g/mol. The van der Waals surface area contributed by atoms with Gasteiger partial charge in [0, 0.05) is 63.5 Å². The molecule has 2 aliphatic rings. The molecule has 1 saturated heterocycles. The topological polar surface area (TPSA) is 90.0 Å². The molecule has 8 nitrogen and oxygen atoms in total. The summed E-state index contributed by atoms with van der Waals surface area (Å²) in [6.07, 6.45) is 1.09. The van der Waals surface area contributed by atoms with Crippen LogP contribution in [0.15, 0.2) is 47.4 Å². The van der Waals surface area contributed by atoms with Crippen LogP contribution in [0.4, 0.5) is 15.8 Å². The van der Waals surface area contributed by atoms with Gasteiger partial charge in [0.15, 0.2) is 0 Å². The molecule has 182 valence electrons. The second kappa shape index (κ2) is 10.1. The van der Waals surface area contributed by atoms with Crippen LogP contribution in [0.5, 0.6) is 0 Å². The Morgan fingerprint density at radius 1 is 0.971 bits per heavy atom. The van der Waals surface area contributed by atoms with Crippen molar-refractivity contribution in [3.05, 3.63) is 53.8 Å². The lowest BCUT2D eigenvalue weighted by Crippen LogP contribution is -2.49. The van der Waals surface area contributed by atoms with Crippen LogP contribution in [0.3, 0.4) is 0 Å². The van der Waals surface area contributed by atoms with Gasteiger partial charge in [-0.1, -0.05) is 6.92 Å². The molecule has 1 fully saturated rings. The highest BCUT2D eigenvalue weighted by Gasteiger charge is 2.26. The van der Waals surface area contributed by atoms with Crippen LogP contribution in [-0.4, -0.2) is 64.4 Å². The molecule has 2 aliphatic heterocycles. The molecule has 0 spiro atoms. The number of piperazine rings is 1. The maximum atomic E-state index is 13.1. The molecule has 0 atom stereocenters. The molecule has 34 heavy (non-hydrogen) atoms. The van der Waals surface area contributed by atoms with Gasteiger partial charge < -0.3 is 14.7 Å². The number of anilines is 2. The molecular formula is C24H29FN4O4S. The van der Waals surface area contributed by atoms with Crippen molar-refractivity contribution in [3.63, 3.8) is 0 Å². The molecule has 2 heterocycles. The molecule has 0 saturated carbocycles. The highest BCUT2D eigenvalue weighted by Crippen LogP contribution is 2.30. The van der Waals surface area contributed by atoms with E-state index in [-0.39, 0.29) is 35.5 Å². The van der Waals surface area contributed by atoms with Gasteiger partial charge in [-0.2, -0.15) is 0 Å². The van der Waals surface area contributed by atoms with Crippen LogP contribution in [0.1, 0.15) is 25.3 Å². The Bertz CT molecular complexity index is 1160. The van der Waals surface area contributed by atoms with E-state index in [0.29, 0.717) is 45.6 Å². The van der Waals surface area contributed by atoms with E-state index >= 15 is 0 Å². The second-order valence-electron chi connectivity index (χ2n) is 8.43. The molecule has 4 rings (SSSR count). The van der Waals surface area contributed by atoms with E-state index in [2.05, 4.69) is 9.62 Å². The van der Waals surface area contributed by atoms with E-state index < -0.39 is 10.0 Å². The molecule has 1 N–H and O–H groups in total. The first-order valence-electron chi connectivity index (χ1n) is 11.5. The van der Waals surface area contributed by atoms with Crippen molar-refractivity contribution in [2.45, 2.75) is 31.1 Å². The minimum Gasteiger partial charge on any atom is -0.368 e. The van der Waals surface area contributed by atoms with E-state index in [1.165, 1.54) is 18.2 Å². The zero-order valence-electron chi connectivity index (χ0n) is 19.2. The van der Waals surface area contributed by atoms with Crippen LogP contribution in [0.25, 0.3) is 0 Å². The summed E-state index contributed by atoms with van der Waals surface area (Å²) in [6.45, 7) is 4.70. The molecule has 2 amide bonds. The van der Waals surface area contributed by atoms with Gasteiger partial charge in [0.25, 0.3) is 0 Å². The summed E-state index contributed by atoms with van der Waals surface area (Å²) in [7, 11) is -3.76. The Labute approximate surface area is 199 Å². The number of amides is 2. The van der Waals surface area contributed by atoms with Crippen molar-refractivity contribution >= 4 is 33.2 Å². The molecule has 0 aliphatic carbocycles. The Balaban J connectivity index is 1.27. The number of benzene rings is 2. The second-order valence-corrected chi connectivity index (χ2v) is 10.2. The maximum absolute atomic E-state index is 13.1. The number of hydrogen-bond donors (Lipinski definition) is 1. The quantitative estimate of drug-likeness (QED) is 0.645. The Morgan fingerprint density at radius 3 is 2.35 bits per heavy atom. The molecule has 0 unspecified atom stereocenters. The normalized spacial score (nSPS) is 16.0. The van der Waals surface area contributed by atoms with Crippen LogP contribution in [-0.2, 0) is 26.0 Å². The number of carbonyl (C=O) groups excluding carboxylic acids is 2. The van der Waals surface area contributed by atoms with Gasteiger partial charge in [-0.25, -0.2) is 17.5 Å². The fraction of sp³-hybridized carbons (Fsp3) is 0.417. The van der Waals surface area contributed by atoms with Crippen molar-refractivity contribution < 1.29 is 22.4 Å². The summed E-state index contributed by atoms with van der Waals surface area (Å²) in [5, 5.41) is 0. The van der Waals surface area contributed by atoms with Crippen molar-refractivity contribution in [2.75, 3.05) is 49.1 Å². The van der Waals surface area contributed by atoms with E-state index in [0.717, 1.165) is 16.9 Å². The first kappa shape index (κ1) is 24.2.